The number of likely N-dealkylation sites (N-methyl/N-ethyl adjacent to an activating group) is 1. The van der Waals surface area contributed by atoms with Gasteiger partial charge in [0, 0.05) is 28.9 Å². The lowest BCUT2D eigenvalue weighted by atomic mass is 10.3. The van der Waals surface area contributed by atoms with Crippen molar-refractivity contribution in [3.05, 3.63) is 52.1 Å². The number of hydrogen-bond acceptors (Lipinski definition) is 4. The monoisotopic (exact) mass is 487 g/mol. The summed E-state index contributed by atoms with van der Waals surface area (Å²) in [6, 6.07) is 12.9. The van der Waals surface area contributed by atoms with E-state index in [0.717, 1.165) is 7.88 Å². The maximum Gasteiger partial charge on any atom is 0.243 e. The molecule has 0 fully saturated rings. The van der Waals surface area contributed by atoms with E-state index in [4.69, 9.17) is 0 Å². The fourth-order valence-corrected chi connectivity index (χ4v) is 3.60. The third-order valence-electron chi connectivity index (χ3n) is 3.38. The molecule has 2 aromatic carbocycles. The van der Waals surface area contributed by atoms with Gasteiger partial charge in [-0.25, -0.2) is 8.42 Å². The molecule has 2 aromatic rings. The summed E-state index contributed by atoms with van der Waals surface area (Å²) < 4.78 is 27.1. The number of nitrogens with one attached hydrogen (secondary N) is 2. The molecule has 7 nitrogen and oxygen atoms in total. The van der Waals surface area contributed by atoms with Crippen molar-refractivity contribution < 1.29 is 18.0 Å². The summed E-state index contributed by atoms with van der Waals surface area (Å²) in [5.41, 5.74) is 1.09. The minimum atomic E-state index is -3.82. The van der Waals surface area contributed by atoms with Crippen molar-refractivity contribution in [2.45, 2.75) is 11.8 Å². The maximum atomic E-state index is 12.6. The Kier molecular flexibility index (Phi) is 6.73. The van der Waals surface area contributed by atoms with Gasteiger partial charge < -0.3 is 10.6 Å². The molecule has 0 heterocycles. The quantitative estimate of drug-likeness (QED) is 0.613. The molecule has 0 saturated carbocycles. The molecular weight excluding hydrogens is 469 g/mol. The highest BCUT2D eigenvalue weighted by atomic mass is 127. The Morgan fingerprint density at radius 2 is 1.46 bits per heavy atom. The summed E-state index contributed by atoms with van der Waals surface area (Å²) in [6.45, 7) is 1.05. The zero-order valence-corrected chi connectivity index (χ0v) is 17.2. The van der Waals surface area contributed by atoms with Gasteiger partial charge in [-0.05, 0) is 71.1 Å². The van der Waals surface area contributed by atoms with E-state index in [-0.39, 0.29) is 17.3 Å². The molecule has 2 N–H and O–H groups in total. The van der Waals surface area contributed by atoms with Crippen molar-refractivity contribution in [2.24, 2.45) is 0 Å². The van der Waals surface area contributed by atoms with E-state index in [1.807, 2.05) is 12.1 Å². The van der Waals surface area contributed by atoms with Crippen LogP contribution < -0.4 is 10.6 Å². The van der Waals surface area contributed by atoms with Gasteiger partial charge in [-0.15, -0.1) is 0 Å². The van der Waals surface area contributed by atoms with E-state index >= 15 is 0 Å². The van der Waals surface area contributed by atoms with Crippen LogP contribution in [0.5, 0.6) is 0 Å². The molecule has 26 heavy (non-hydrogen) atoms. The standard InChI is InChI=1S/C17H18IN3O4S/c1-12(22)19-14-7-9-16(10-8-14)26(24,25)21(2)11-17(23)20-15-5-3-13(18)4-6-15/h3-10H,11H2,1-2H3,(H,19,22)(H,20,23). The van der Waals surface area contributed by atoms with Crippen molar-refractivity contribution in [1.82, 2.24) is 4.31 Å². The highest BCUT2D eigenvalue weighted by Crippen LogP contribution is 2.18. The molecule has 0 unspecified atom stereocenters. The smallest absolute Gasteiger partial charge is 0.243 e. The number of carbonyl (C=O) groups excluding carboxylic acids is 2. The van der Waals surface area contributed by atoms with Crippen molar-refractivity contribution in [1.29, 1.82) is 0 Å². The maximum absolute atomic E-state index is 12.6. The Balaban J connectivity index is 2.04. The zero-order chi connectivity index (χ0) is 19.3. The van der Waals surface area contributed by atoms with Gasteiger partial charge in [0.15, 0.2) is 0 Å². The predicted octanol–water partition coefficient (Wildman–Crippen LogP) is 2.51. The number of hydrogen-bond donors (Lipinski definition) is 2. The molecule has 0 atom stereocenters. The zero-order valence-electron chi connectivity index (χ0n) is 14.2. The van der Waals surface area contributed by atoms with Crippen molar-refractivity contribution >= 4 is 55.8 Å². The summed E-state index contributed by atoms with van der Waals surface area (Å²) in [4.78, 5) is 23.1. The number of sulfonamides is 1. The van der Waals surface area contributed by atoms with Crippen LogP contribution in [0.25, 0.3) is 0 Å². The first kappa shape index (κ1) is 20.3. The SMILES string of the molecule is CC(=O)Nc1ccc(S(=O)(=O)N(C)CC(=O)Nc2ccc(I)cc2)cc1. The van der Waals surface area contributed by atoms with E-state index in [2.05, 4.69) is 33.2 Å². The van der Waals surface area contributed by atoms with Crippen LogP contribution in [0.1, 0.15) is 6.92 Å². The average Bonchev–Trinajstić information content (AvgIpc) is 2.56. The van der Waals surface area contributed by atoms with Gasteiger partial charge in [0.1, 0.15) is 0 Å². The fourth-order valence-electron chi connectivity index (χ4n) is 2.11. The molecule has 9 heteroatoms. The number of halogens is 1. The molecule has 0 aliphatic rings. The van der Waals surface area contributed by atoms with E-state index in [1.54, 1.807) is 12.1 Å². The summed E-state index contributed by atoms with van der Waals surface area (Å²) in [7, 11) is -2.48. The Bertz CT molecular complexity index is 897. The van der Waals surface area contributed by atoms with Crippen LogP contribution in [0, 0.1) is 3.57 Å². The molecule has 0 aliphatic heterocycles. The van der Waals surface area contributed by atoms with Crippen LogP contribution in [-0.4, -0.2) is 38.1 Å². The lowest BCUT2D eigenvalue weighted by Gasteiger charge is -2.17. The third kappa shape index (κ3) is 5.51. The second-order valence-electron chi connectivity index (χ2n) is 5.52. The highest BCUT2D eigenvalue weighted by molar-refractivity contribution is 14.1. The molecule has 2 amide bonds. The fraction of sp³-hybridized carbons (Fsp3) is 0.176. The van der Waals surface area contributed by atoms with Crippen molar-refractivity contribution in [3.8, 4) is 0 Å². The topological polar surface area (TPSA) is 95.6 Å². The summed E-state index contributed by atoms with van der Waals surface area (Å²) >= 11 is 2.15. The number of nitrogens with zero attached hydrogens (tertiary/aromatic N) is 1. The third-order valence-corrected chi connectivity index (χ3v) is 5.91. The van der Waals surface area contributed by atoms with Crippen molar-refractivity contribution in [2.75, 3.05) is 24.2 Å². The van der Waals surface area contributed by atoms with Crippen LogP contribution >= 0.6 is 22.6 Å². The van der Waals surface area contributed by atoms with Crippen LogP contribution in [0.3, 0.4) is 0 Å². The molecule has 0 saturated heterocycles. The van der Waals surface area contributed by atoms with E-state index < -0.39 is 15.9 Å². The summed E-state index contributed by atoms with van der Waals surface area (Å²) in [6.07, 6.45) is 0. The van der Waals surface area contributed by atoms with Crippen molar-refractivity contribution in [3.63, 3.8) is 0 Å². The van der Waals surface area contributed by atoms with Crippen LogP contribution in [0.15, 0.2) is 53.4 Å². The van der Waals surface area contributed by atoms with E-state index in [9.17, 15) is 18.0 Å². The number of benzene rings is 2. The number of anilines is 2. The number of carbonyl (C=O) groups is 2. The normalized spacial score (nSPS) is 11.2. The molecule has 138 valence electrons. The first-order valence-corrected chi connectivity index (χ1v) is 10.1. The first-order chi connectivity index (χ1) is 12.2. The van der Waals surface area contributed by atoms with Gasteiger partial charge in [-0.1, -0.05) is 0 Å². The molecule has 0 radical (unpaired) electrons. The molecule has 0 aliphatic carbocycles. The second-order valence-corrected chi connectivity index (χ2v) is 8.81. The number of rotatable bonds is 6. The van der Waals surface area contributed by atoms with Gasteiger partial charge >= 0.3 is 0 Å². The summed E-state index contributed by atoms with van der Waals surface area (Å²) in [5, 5.41) is 5.22. The average molecular weight is 487 g/mol. The Morgan fingerprint density at radius 3 is 2.00 bits per heavy atom. The Morgan fingerprint density at radius 1 is 0.962 bits per heavy atom. The summed E-state index contributed by atoms with van der Waals surface area (Å²) in [5.74, 6) is -0.683. The van der Waals surface area contributed by atoms with Gasteiger partial charge in [-0.3, -0.25) is 9.59 Å². The Hall–Kier alpha value is -1.98. The predicted molar refractivity (Wildman–Crippen MR) is 108 cm³/mol. The first-order valence-electron chi connectivity index (χ1n) is 7.58. The van der Waals surface area contributed by atoms with Gasteiger partial charge in [-0.2, -0.15) is 4.31 Å². The molecule has 2 rings (SSSR count). The van der Waals surface area contributed by atoms with E-state index in [1.165, 1.54) is 38.2 Å². The molecular formula is C17H18IN3O4S. The molecule has 0 aromatic heterocycles. The second kappa shape index (κ2) is 8.60. The van der Waals surface area contributed by atoms with Crippen LogP contribution in [0.2, 0.25) is 0 Å². The van der Waals surface area contributed by atoms with E-state index in [0.29, 0.717) is 11.4 Å². The highest BCUT2D eigenvalue weighted by Gasteiger charge is 2.23. The number of amides is 2. The van der Waals surface area contributed by atoms with Gasteiger partial charge in [0.2, 0.25) is 21.8 Å². The largest absolute Gasteiger partial charge is 0.326 e. The Labute approximate surface area is 166 Å². The lowest BCUT2D eigenvalue weighted by molar-refractivity contribution is -0.116. The van der Waals surface area contributed by atoms with Gasteiger partial charge in [0.05, 0.1) is 11.4 Å². The molecule has 0 spiro atoms. The lowest BCUT2D eigenvalue weighted by Crippen LogP contribution is -2.34. The van der Waals surface area contributed by atoms with Gasteiger partial charge in [0.25, 0.3) is 0 Å². The van der Waals surface area contributed by atoms with Crippen LogP contribution in [-0.2, 0) is 19.6 Å². The minimum Gasteiger partial charge on any atom is -0.326 e. The minimum absolute atomic E-state index is 0.0381. The van der Waals surface area contributed by atoms with Crippen LogP contribution in [0.4, 0.5) is 11.4 Å². The molecule has 0 bridgehead atoms.